The summed E-state index contributed by atoms with van der Waals surface area (Å²) in [4.78, 5) is 14.6. The summed E-state index contributed by atoms with van der Waals surface area (Å²) in [6.07, 6.45) is 0. The first-order valence-corrected chi connectivity index (χ1v) is 6.37. The number of hydrogen-bond donors (Lipinski definition) is 3. The Bertz CT molecular complexity index is 599. The minimum atomic E-state index is -0.459. The van der Waals surface area contributed by atoms with Gasteiger partial charge < -0.3 is 10.7 Å². The second kappa shape index (κ2) is 5.63. The van der Waals surface area contributed by atoms with Gasteiger partial charge in [-0.3, -0.25) is 16.0 Å². The molecule has 0 bridgehead atoms. The zero-order valence-electron chi connectivity index (χ0n) is 10.2. The van der Waals surface area contributed by atoms with Crippen molar-refractivity contribution in [3.63, 3.8) is 0 Å². The number of rotatable bonds is 5. The lowest BCUT2D eigenvalue weighted by Crippen LogP contribution is -2.08. The standard InChI is InChI=1S/C11H13N5O2S/c1-7-14-10(6-19-7)5-13-8-2-9(15-12)4-11(3-8)16(17)18/h2-4,6,13,15H,5,12H2,1H3. The number of non-ortho nitro benzene ring substituents is 1. The first-order chi connectivity index (χ1) is 9.08. The molecular weight excluding hydrogens is 266 g/mol. The first-order valence-electron chi connectivity index (χ1n) is 5.49. The van der Waals surface area contributed by atoms with Gasteiger partial charge in [-0.2, -0.15) is 0 Å². The number of nitro benzene ring substituents is 1. The molecule has 0 radical (unpaired) electrons. The number of thiazole rings is 1. The van der Waals surface area contributed by atoms with E-state index in [2.05, 4.69) is 15.7 Å². The van der Waals surface area contributed by atoms with E-state index in [1.807, 2.05) is 12.3 Å². The van der Waals surface area contributed by atoms with Crippen molar-refractivity contribution >= 4 is 28.4 Å². The van der Waals surface area contributed by atoms with E-state index in [9.17, 15) is 10.1 Å². The number of aryl methyl sites for hydroxylation is 1. The molecule has 2 rings (SSSR count). The topological polar surface area (TPSA) is 106 Å². The predicted molar refractivity (Wildman–Crippen MR) is 75.1 cm³/mol. The lowest BCUT2D eigenvalue weighted by molar-refractivity contribution is -0.384. The SMILES string of the molecule is Cc1nc(CNc2cc(NN)cc([N+](=O)[O-])c2)cs1. The van der Waals surface area contributed by atoms with Crippen molar-refractivity contribution in [2.45, 2.75) is 13.5 Å². The molecule has 0 saturated heterocycles. The van der Waals surface area contributed by atoms with Crippen molar-refractivity contribution in [3.8, 4) is 0 Å². The minimum absolute atomic E-state index is 0.0209. The maximum Gasteiger partial charge on any atom is 0.273 e. The Hall–Kier alpha value is -2.19. The summed E-state index contributed by atoms with van der Waals surface area (Å²) in [7, 11) is 0. The number of nitro groups is 1. The van der Waals surface area contributed by atoms with Crippen molar-refractivity contribution in [1.29, 1.82) is 0 Å². The summed E-state index contributed by atoms with van der Waals surface area (Å²) in [6, 6.07) is 4.53. The second-order valence-corrected chi connectivity index (χ2v) is 4.94. The van der Waals surface area contributed by atoms with Crippen LogP contribution in [0.1, 0.15) is 10.7 Å². The van der Waals surface area contributed by atoms with Crippen LogP contribution in [0.5, 0.6) is 0 Å². The second-order valence-electron chi connectivity index (χ2n) is 3.88. The van der Waals surface area contributed by atoms with Crippen molar-refractivity contribution in [2.75, 3.05) is 10.7 Å². The van der Waals surface area contributed by atoms with Gasteiger partial charge in [-0.1, -0.05) is 0 Å². The highest BCUT2D eigenvalue weighted by molar-refractivity contribution is 7.09. The number of nitrogens with two attached hydrogens (primary N) is 1. The molecule has 0 unspecified atom stereocenters. The van der Waals surface area contributed by atoms with Crippen LogP contribution in [0.2, 0.25) is 0 Å². The Morgan fingerprint density at radius 1 is 1.42 bits per heavy atom. The normalized spacial score (nSPS) is 10.2. The average molecular weight is 279 g/mol. The molecule has 8 heteroatoms. The molecule has 0 aliphatic carbocycles. The van der Waals surface area contributed by atoms with Crippen molar-refractivity contribution in [3.05, 3.63) is 44.4 Å². The van der Waals surface area contributed by atoms with Gasteiger partial charge in [0.1, 0.15) is 0 Å². The molecular formula is C11H13N5O2S. The smallest absolute Gasteiger partial charge is 0.273 e. The van der Waals surface area contributed by atoms with Gasteiger partial charge in [0.2, 0.25) is 0 Å². The van der Waals surface area contributed by atoms with Gasteiger partial charge in [0.25, 0.3) is 5.69 Å². The number of nitrogen functional groups attached to an aromatic ring is 1. The van der Waals surface area contributed by atoms with Gasteiger partial charge in [0, 0.05) is 23.2 Å². The number of hydrazine groups is 1. The van der Waals surface area contributed by atoms with Crippen LogP contribution >= 0.6 is 11.3 Å². The summed E-state index contributed by atoms with van der Waals surface area (Å²) in [5.74, 6) is 5.29. The third kappa shape index (κ3) is 3.39. The number of anilines is 2. The Kier molecular flexibility index (Phi) is 3.93. The van der Waals surface area contributed by atoms with Crippen LogP contribution in [-0.4, -0.2) is 9.91 Å². The summed E-state index contributed by atoms with van der Waals surface area (Å²) < 4.78 is 0. The van der Waals surface area contributed by atoms with Crippen LogP contribution in [0.15, 0.2) is 23.6 Å². The average Bonchev–Trinajstić information content (AvgIpc) is 2.81. The number of benzene rings is 1. The van der Waals surface area contributed by atoms with Crippen LogP contribution in [0.3, 0.4) is 0 Å². The van der Waals surface area contributed by atoms with E-state index in [0.29, 0.717) is 17.9 Å². The lowest BCUT2D eigenvalue weighted by Gasteiger charge is -2.07. The van der Waals surface area contributed by atoms with Crippen LogP contribution in [0.4, 0.5) is 17.1 Å². The van der Waals surface area contributed by atoms with Crippen LogP contribution < -0.4 is 16.6 Å². The largest absolute Gasteiger partial charge is 0.379 e. The van der Waals surface area contributed by atoms with Gasteiger partial charge >= 0.3 is 0 Å². The number of nitrogens with zero attached hydrogens (tertiary/aromatic N) is 2. The molecule has 0 saturated carbocycles. The fourth-order valence-electron chi connectivity index (χ4n) is 1.58. The van der Waals surface area contributed by atoms with E-state index in [4.69, 9.17) is 5.84 Å². The monoisotopic (exact) mass is 279 g/mol. The van der Waals surface area contributed by atoms with Crippen LogP contribution in [0, 0.1) is 17.0 Å². The fourth-order valence-corrected chi connectivity index (χ4v) is 2.20. The maximum atomic E-state index is 10.8. The predicted octanol–water partition coefficient (Wildman–Crippen LogP) is 2.26. The third-order valence-corrected chi connectivity index (χ3v) is 3.26. The Morgan fingerprint density at radius 3 is 2.74 bits per heavy atom. The Balaban J connectivity index is 2.15. The van der Waals surface area contributed by atoms with Gasteiger partial charge in [-0.25, -0.2) is 4.98 Å². The molecule has 2 aromatic rings. The van der Waals surface area contributed by atoms with Gasteiger partial charge in [-0.15, -0.1) is 11.3 Å². The summed E-state index contributed by atoms with van der Waals surface area (Å²) >= 11 is 1.56. The molecule has 7 nitrogen and oxygen atoms in total. The van der Waals surface area contributed by atoms with E-state index in [-0.39, 0.29) is 5.69 Å². The maximum absolute atomic E-state index is 10.8. The molecule has 0 spiro atoms. The van der Waals surface area contributed by atoms with E-state index in [1.54, 1.807) is 17.4 Å². The molecule has 0 amide bonds. The number of hydrogen-bond acceptors (Lipinski definition) is 7. The molecule has 1 heterocycles. The molecule has 0 fully saturated rings. The minimum Gasteiger partial charge on any atom is -0.379 e. The van der Waals surface area contributed by atoms with Crippen molar-refractivity contribution in [1.82, 2.24) is 4.98 Å². The number of aromatic nitrogens is 1. The van der Waals surface area contributed by atoms with E-state index in [0.717, 1.165) is 10.7 Å². The van der Waals surface area contributed by atoms with Crippen molar-refractivity contribution in [2.24, 2.45) is 5.84 Å². The fraction of sp³-hybridized carbons (Fsp3) is 0.182. The highest BCUT2D eigenvalue weighted by Gasteiger charge is 2.09. The van der Waals surface area contributed by atoms with E-state index < -0.39 is 4.92 Å². The molecule has 4 N–H and O–H groups in total. The molecule has 1 aromatic heterocycles. The van der Waals surface area contributed by atoms with E-state index in [1.165, 1.54) is 12.1 Å². The Labute approximate surface area is 113 Å². The lowest BCUT2D eigenvalue weighted by atomic mass is 10.2. The highest BCUT2D eigenvalue weighted by atomic mass is 32.1. The van der Waals surface area contributed by atoms with Crippen molar-refractivity contribution < 1.29 is 4.92 Å². The molecule has 19 heavy (non-hydrogen) atoms. The molecule has 0 atom stereocenters. The molecule has 1 aromatic carbocycles. The summed E-state index contributed by atoms with van der Waals surface area (Å²) in [5.41, 5.74) is 4.38. The number of nitrogens with one attached hydrogen (secondary N) is 2. The third-order valence-electron chi connectivity index (χ3n) is 2.44. The van der Waals surface area contributed by atoms with Crippen LogP contribution in [0.25, 0.3) is 0 Å². The van der Waals surface area contributed by atoms with Gasteiger partial charge in [-0.05, 0) is 13.0 Å². The molecule has 0 aliphatic heterocycles. The summed E-state index contributed by atoms with van der Waals surface area (Å²) in [5, 5.41) is 16.8. The summed E-state index contributed by atoms with van der Waals surface area (Å²) in [6.45, 7) is 2.44. The molecule has 100 valence electrons. The van der Waals surface area contributed by atoms with Gasteiger partial charge in [0.15, 0.2) is 0 Å². The first kappa shape index (κ1) is 13.2. The zero-order valence-corrected chi connectivity index (χ0v) is 11.0. The Morgan fingerprint density at radius 2 is 2.16 bits per heavy atom. The zero-order chi connectivity index (χ0) is 13.8. The van der Waals surface area contributed by atoms with E-state index >= 15 is 0 Å². The van der Waals surface area contributed by atoms with Crippen LogP contribution in [-0.2, 0) is 6.54 Å². The molecule has 0 aliphatic rings. The quantitative estimate of drug-likeness (QED) is 0.440. The highest BCUT2D eigenvalue weighted by Crippen LogP contribution is 2.24. The van der Waals surface area contributed by atoms with Gasteiger partial charge in [0.05, 0.1) is 27.9 Å².